The molecule has 1 atom stereocenters. The van der Waals surface area contributed by atoms with Crippen LogP contribution in [0.15, 0.2) is 18.3 Å². The van der Waals surface area contributed by atoms with Gasteiger partial charge in [-0.2, -0.15) is 0 Å². The van der Waals surface area contributed by atoms with Crippen molar-refractivity contribution in [3.63, 3.8) is 0 Å². The number of rotatable bonds is 2. The van der Waals surface area contributed by atoms with Crippen molar-refractivity contribution in [3.8, 4) is 0 Å². The van der Waals surface area contributed by atoms with Crippen LogP contribution in [-0.4, -0.2) is 36.1 Å². The first-order valence-corrected chi connectivity index (χ1v) is 5.64. The molecule has 1 saturated heterocycles. The maximum Gasteiger partial charge on any atom is 0.0372 e. The minimum atomic E-state index is 0.486. The second kappa shape index (κ2) is 4.73. The lowest BCUT2D eigenvalue weighted by molar-refractivity contribution is 0.185. The Balaban J connectivity index is 2.05. The van der Waals surface area contributed by atoms with Gasteiger partial charge >= 0.3 is 0 Å². The van der Waals surface area contributed by atoms with Crippen LogP contribution in [0.4, 0.5) is 0 Å². The summed E-state index contributed by atoms with van der Waals surface area (Å²) in [5.74, 6) is 0. The summed E-state index contributed by atoms with van der Waals surface area (Å²) in [5, 5.41) is 3.37. The second-order valence-electron chi connectivity index (χ2n) is 4.19. The van der Waals surface area contributed by atoms with Gasteiger partial charge in [-0.3, -0.25) is 9.88 Å². The molecule has 1 unspecified atom stereocenters. The number of hydrogen-bond acceptors (Lipinski definition) is 3. The Morgan fingerprint density at radius 3 is 2.67 bits per heavy atom. The number of piperazine rings is 1. The minimum absolute atomic E-state index is 0.486. The van der Waals surface area contributed by atoms with E-state index in [1.807, 2.05) is 13.1 Å². The quantitative estimate of drug-likeness (QED) is 0.790. The molecule has 1 aliphatic heterocycles. The third-order valence-corrected chi connectivity index (χ3v) is 3.12. The zero-order chi connectivity index (χ0) is 10.7. The van der Waals surface area contributed by atoms with Gasteiger partial charge in [0.05, 0.1) is 0 Å². The van der Waals surface area contributed by atoms with Gasteiger partial charge in [0.1, 0.15) is 0 Å². The van der Waals surface area contributed by atoms with Gasteiger partial charge in [-0.15, -0.1) is 0 Å². The monoisotopic (exact) mass is 205 g/mol. The van der Waals surface area contributed by atoms with Crippen LogP contribution in [-0.2, 0) is 0 Å². The molecule has 0 aromatic carbocycles. The molecule has 3 heteroatoms. The molecule has 15 heavy (non-hydrogen) atoms. The smallest absolute Gasteiger partial charge is 0.0372 e. The maximum atomic E-state index is 4.35. The van der Waals surface area contributed by atoms with Crippen LogP contribution in [0.25, 0.3) is 0 Å². The van der Waals surface area contributed by atoms with E-state index >= 15 is 0 Å². The third kappa shape index (κ3) is 2.55. The van der Waals surface area contributed by atoms with Crippen LogP contribution >= 0.6 is 0 Å². The molecule has 0 bridgehead atoms. The molecule has 2 heterocycles. The molecule has 0 spiro atoms. The summed E-state index contributed by atoms with van der Waals surface area (Å²) in [6.07, 6.45) is 2.00. The fourth-order valence-electron chi connectivity index (χ4n) is 2.01. The molecule has 0 aliphatic carbocycles. The molecule has 0 amide bonds. The largest absolute Gasteiger partial charge is 0.314 e. The SMILES string of the molecule is Cc1ccc(C(C)N2CCNCC2)cn1. The van der Waals surface area contributed by atoms with Crippen LogP contribution in [0.3, 0.4) is 0 Å². The molecular formula is C12H19N3. The van der Waals surface area contributed by atoms with E-state index in [0.717, 1.165) is 31.9 Å². The topological polar surface area (TPSA) is 28.2 Å². The van der Waals surface area contributed by atoms with Gasteiger partial charge in [0.15, 0.2) is 0 Å². The lowest BCUT2D eigenvalue weighted by Crippen LogP contribution is -2.44. The lowest BCUT2D eigenvalue weighted by Gasteiger charge is -2.32. The minimum Gasteiger partial charge on any atom is -0.314 e. The summed E-state index contributed by atoms with van der Waals surface area (Å²) >= 11 is 0. The summed E-state index contributed by atoms with van der Waals surface area (Å²) in [4.78, 5) is 6.86. The molecule has 1 fully saturated rings. The second-order valence-corrected chi connectivity index (χ2v) is 4.19. The van der Waals surface area contributed by atoms with E-state index in [-0.39, 0.29) is 0 Å². The summed E-state index contributed by atoms with van der Waals surface area (Å²) in [6, 6.07) is 4.77. The Bertz CT molecular complexity index is 301. The average molecular weight is 205 g/mol. The number of pyridine rings is 1. The highest BCUT2D eigenvalue weighted by Crippen LogP contribution is 2.19. The predicted molar refractivity (Wildman–Crippen MR) is 61.8 cm³/mol. The van der Waals surface area contributed by atoms with Gasteiger partial charge in [-0.05, 0) is 25.5 Å². The fourth-order valence-corrected chi connectivity index (χ4v) is 2.01. The number of nitrogens with one attached hydrogen (secondary N) is 1. The molecule has 1 aromatic heterocycles. The molecule has 82 valence electrons. The van der Waals surface area contributed by atoms with E-state index in [1.54, 1.807) is 0 Å². The van der Waals surface area contributed by atoms with E-state index in [2.05, 4.69) is 34.3 Å². The average Bonchev–Trinajstić information content (AvgIpc) is 2.30. The van der Waals surface area contributed by atoms with Gasteiger partial charge in [0.2, 0.25) is 0 Å². The molecule has 3 nitrogen and oxygen atoms in total. The molecule has 1 N–H and O–H groups in total. The Morgan fingerprint density at radius 1 is 1.33 bits per heavy atom. The van der Waals surface area contributed by atoms with Gasteiger partial charge < -0.3 is 5.32 Å². The number of hydrogen-bond donors (Lipinski definition) is 1. The third-order valence-electron chi connectivity index (χ3n) is 3.12. The summed E-state index contributed by atoms with van der Waals surface area (Å²) < 4.78 is 0. The lowest BCUT2D eigenvalue weighted by atomic mass is 10.1. The van der Waals surface area contributed by atoms with Gasteiger partial charge in [-0.25, -0.2) is 0 Å². The Labute approximate surface area is 91.5 Å². The zero-order valence-electron chi connectivity index (χ0n) is 9.53. The number of nitrogens with zero attached hydrogens (tertiary/aromatic N) is 2. The van der Waals surface area contributed by atoms with Gasteiger partial charge in [-0.1, -0.05) is 6.07 Å². The van der Waals surface area contributed by atoms with Crippen molar-refractivity contribution in [2.24, 2.45) is 0 Å². The molecule has 1 aromatic rings. The first-order valence-electron chi connectivity index (χ1n) is 5.64. The first kappa shape index (κ1) is 10.6. The predicted octanol–water partition coefficient (Wildman–Crippen LogP) is 1.36. The van der Waals surface area contributed by atoms with Crippen molar-refractivity contribution in [2.45, 2.75) is 19.9 Å². The van der Waals surface area contributed by atoms with E-state index in [9.17, 15) is 0 Å². The Kier molecular flexibility index (Phi) is 3.34. The highest BCUT2D eigenvalue weighted by molar-refractivity contribution is 5.16. The summed E-state index contributed by atoms with van der Waals surface area (Å²) in [7, 11) is 0. The van der Waals surface area contributed by atoms with Crippen LogP contribution < -0.4 is 5.32 Å². The highest BCUT2D eigenvalue weighted by Gasteiger charge is 2.17. The van der Waals surface area contributed by atoms with Crippen molar-refractivity contribution in [2.75, 3.05) is 26.2 Å². The highest BCUT2D eigenvalue weighted by atomic mass is 15.2. The standard InChI is InChI=1S/C12H19N3/c1-10-3-4-12(9-14-10)11(2)15-7-5-13-6-8-15/h3-4,9,11,13H,5-8H2,1-2H3. The summed E-state index contributed by atoms with van der Waals surface area (Å²) in [6.45, 7) is 8.76. The first-order chi connectivity index (χ1) is 7.27. The fraction of sp³-hybridized carbons (Fsp3) is 0.583. The molecule has 1 aliphatic rings. The van der Waals surface area contributed by atoms with E-state index in [4.69, 9.17) is 0 Å². The van der Waals surface area contributed by atoms with Crippen LogP contribution in [0, 0.1) is 6.92 Å². The summed E-state index contributed by atoms with van der Waals surface area (Å²) in [5.41, 5.74) is 2.41. The Hall–Kier alpha value is -0.930. The van der Waals surface area contributed by atoms with Gasteiger partial charge in [0.25, 0.3) is 0 Å². The molecular weight excluding hydrogens is 186 g/mol. The van der Waals surface area contributed by atoms with Crippen LogP contribution in [0.2, 0.25) is 0 Å². The number of aryl methyl sites for hydroxylation is 1. The number of aromatic nitrogens is 1. The maximum absolute atomic E-state index is 4.35. The van der Waals surface area contributed by atoms with Crippen molar-refractivity contribution in [1.82, 2.24) is 15.2 Å². The van der Waals surface area contributed by atoms with Crippen LogP contribution in [0.5, 0.6) is 0 Å². The normalized spacial score (nSPS) is 20.1. The molecule has 0 radical (unpaired) electrons. The zero-order valence-corrected chi connectivity index (χ0v) is 9.53. The molecule has 2 rings (SSSR count). The van der Waals surface area contributed by atoms with Crippen LogP contribution in [0.1, 0.15) is 24.2 Å². The van der Waals surface area contributed by atoms with Crippen molar-refractivity contribution >= 4 is 0 Å². The van der Waals surface area contributed by atoms with E-state index in [0.29, 0.717) is 6.04 Å². The van der Waals surface area contributed by atoms with Crippen molar-refractivity contribution in [3.05, 3.63) is 29.6 Å². The Morgan fingerprint density at radius 2 is 2.07 bits per heavy atom. The van der Waals surface area contributed by atoms with Crippen molar-refractivity contribution < 1.29 is 0 Å². The molecule has 0 saturated carbocycles. The van der Waals surface area contributed by atoms with E-state index < -0.39 is 0 Å². The van der Waals surface area contributed by atoms with Gasteiger partial charge in [0, 0.05) is 44.1 Å². The van der Waals surface area contributed by atoms with Crippen molar-refractivity contribution in [1.29, 1.82) is 0 Å². The van der Waals surface area contributed by atoms with E-state index in [1.165, 1.54) is 5.56 Å².